The number of aryl methyl sites for hydroxylation is 2. The van der Waals surface area contributed by atoms with Gasteiger partial charge >= 0.3 is 0 Å². The van der Waals surface area contributed by atoms with Crippen LogP contribution in [-0.2, 0) is 9.59 Å². The summed E-state index contributed by atoms with van der Waals surface area (Å²) in [5.74, 6) is 1.39. The summed E-state index contributed by atoms with van der Waals surface area (Å²) in [6.45, 7) is 5.61. The topological polar surface area (TPSA) is 59.1 Å². The van der Waals surface area contributed by atoms with Crippen LogP contribution in [0.15, 0.2) is 42.5 Å². The monoisotopic (exact) mass is 396 g/mol. The molecule has 0 N–H and O–H groups in total. The molecule has 0 aliphatic carbocycles. The van der Waals surface area contributed by atoms with Crippen molar-refractivity contribution in [2.75, 3.05) is 38.3 Å². The number of nitrogens with zero attached hydrogens (tertiary/aromatic N) is 2. The fraction of sp³-hybridized carbons (Fsp3) is 0.391. The van der Waals surface area contributed by atoms with Gasteiger partial charge in [0.15, 0.2) is 6.61 Å². The van der Waals surface area contributed by atoms with E-state index in [4.69, 9.17) is 9.47 Å². The first kappa shape index (κ1) is 20.7. The molecule has 29 heavy (non-hydrogen) atoms. The van der Waals surface area contributed by atoms with E-state index in [1.165, 1.54) is 0 Å². The van der Waals surface area contributed by atoms with Crippen molar-refractivity contribution in [2.45, 2.75) is 26.7 Å². The number of amides is 2. The number of carbonyl (C=O) groups excluding carboxylic acids is 2. The first-order valence-corrected chi connectivity index (χ1v) is 9.90. The summed E-state index contributed by atoms with van der Waals surface area (Å²) in [6, 6.07) is 13.4. The minimum Gasteiger partial charge on any atom is -0.492 e. The normalized spacial score (nSPS) is 13.5. The zero-order chi connectivity index (χ0) is 20.8. The molecule has 1 aliphatic heterocycles. The lowest BCUT2D eigenvalue weighted by Gasteiger charge is -2.19. The molecule has 1 aliphatic rings. The van der Waals surface area contributed by atoms with E-state index < -0.39 is 0 Å². The highest BCUT2D eigenvalue weighted by molar-refractivity contribution is 5.95. The van der Waals surface area contributed by atoms with Gasteiger partial charge in [-0.25, -0.2) is 0 Å². The number of benzene rings is 2. The van der Waals surface area contributed by atoms with Crippen LogP contribution in [0.4, 0.5) is 5.69 Å². The highest BCUT2D eigenvalue weighted by Crippen LogP contribution is 2.25. The predicted octanol–water partition coefficient (Wildman–Crippen LogP) is 3.35. The van der Waals surface area contributed by atoms with Crippen molar-refractivity contribution in [1.29, 1.82) is 0 Å². The van der Waals surface area contributed by atoms with E-state index >= 15 is 0 Å². The first-order chi connectivity index (χ1) is 13.9. The third-order valence-corrected chi connectivity index (χ3v) is 4.88. The lowest BCUT2D eigenvalue weighted by atomic mass is 10.1. The molecule has 1 saturated heterocycles. The predicted molar refractivity (Wildman–Crippen MR) is 113 cm³/mol. The average Bonchev–Trinajstić information content (AvgIpc) is 3.11. The van der Waals surface area contributed by atoms with Crippen molar-refractivity contribution in [3.05, 3.63) is 53.6 Å². The van der Waals surface area contributed by atoms with Crippen molar-refractivity contribution < 1.29 is 19.1 Å². The SMILES string of the molecule is Cc1cc(C)cc(OCCN(C)C(=O)COc2cccc(N3CCCC3=O)c2)c1. The van der Waals surface area contributed by atoms with Gasteiger partial charge in [-0.05, 0) is 55.7 Å². The van der Waals surface area contributed by atoms with Gasteiger partial charge in [-0.3, -0.25) is 9.59 Å². The molecule has 0 saturated carbocycles. The Morgan fingerprint density at radius 2 is 1.83 bits per heavy atom. The number of rotatable bonds is 8. The maximum absolute atomic E-state index is 12.3. The van der Waals surface area contributed by atoms with Crippen LogP contribution in [0.2, 0.25) is 0 Å². The Labute approximate surface area is 172 Å². The second-order valence-corrected chi connectivity index (χ2v) is 7.42. The van der Waals surface area contributed by atoms with E-state index in [0.717, 1.165) is 35.5 Å². The lowest BCUT2D eigenvalue weighted by molar-refractivity contribution is -0.132. The van der Waals surface area contributed by atoms with E-state index in [9.17, 15) is 9.59 Å². The molecule has 3 rings (SSSR count). The minimum atomic E-state index is -0.128. The molecule has 154 valence electrons. The summed E-state index contributed by atoms with van der Waals surface area (Å²) in [7, 11) is 1.73. The number of hydrogen-bond acceptors (Lipinski definition) is 4. The summed E-state index contributed by atoms with van der Waals surface area (Å²) in [5.41, 5.74) is 3.11. The summed E-state index contributed by atoms with van der Waals surface area (Å²) < 4.78 is 11.4. The lowest BCUT2D eigenvalue weighted by Crippen LogP contribution is -2.34. The van der Waals surface area contributed by atoms with E-state index in [0.29, 0.717) is 25.3 Å². The van der Waals surface area contributed by atoms with Gasteiger partial charge < -0.3 is 19.3 Å². The van der Waals surface area contributed by atoms with Crippen LogP contribution in [0.1, 0.15) is 24.0 Å². The average molecular weight is 396 g/mol. The van der Waals surface area contributed by atoms with Crippen molar-refractivity contribution in [3.63, 3.8) is 0 Å². The molecular weight excluding hydrogens is 368 g/mol. The third-order valence-electron chi connectivity index (χ3n) is 4.88. The largest absolute Gasteiger partial charge is 0.492 e. The molecule has 0 atom stereocenters. The Balaban J connectivity index is 1.45. The van der Waals surface area contributed by atoms with Crippen LogP contribution in [-0.4, -0.2) is 50.1 Å². The van der Waals surface area contributed by atoms with Crippen LogP contribution >= 0.6 is 0 Å². The van der Waals surface area contributed by atoms with Gasteiger partial charge in [-0.1, -0.05) is 12.1 Å². The van der Waals surface area contributed by atoms with Gasteiger partial charge in [0.1, 0.15) is 18.1 Å². The van der Waals surface area contributed by atoms with E-state index in [-0.39, 0.29) is 18.4 Å². The van der Waals surface area contributed by atoms with Crippen LogP contribution in [0.25, 0.3) is 0 Å². The van der Waals surface area contributed by atoms with Crippen LogP contribution in [0, 0.1) is 13.8 Å². The zero-order valence-electron chi connectivity index (χ0n) is 17.3. The highest BCUT2D eigenvalue weighted by Gasteiger charge is 2.22. The van der Waals surface area contributed by atoms with Gasteiger partial charge in [0.05, 0.1) is 6.54 Å². The van der Waals surface area contributed by atoms with Gasteiger partial charge in [0, 0.05) is 31.8 Å². The smallest absolute Gasteiger partial charge is 0.260 e. The van der Waals surface area contributed by atoms with E-state index in [1.807, 2.05) is 38.1 Å². The first-order valence-electron chi connectivity index (χ1n) is 9.90. The number of carbonyl (C=O) groups is 2. The van der Waals surface area contributed by atoms with E-state index in [2.05, 4.69) is 6.07 Å². The molecule has 2 aromatic rings. The van der Waals surface area contributed by atoms with Crippen LogP contribution in [0.5, 0.6) is 11.5 Å². The molecule has 6 nitrogen and oxygen atoms in total. The highest BCUT2D eigenvalue weighted by atomic mass is 16.5. The van der Waals surface area contributed by atoms with Crippen molar-refractivity contribution in [2.24, 2.45) is 0 Å². The summed E-state index contributed by atoms with van der Waals surface area (Å²) in [5, 5.41) is 0. The quantitative estimate of drug-likeness (QED) is 0.687. The van der Waals surface area contributed by atoms with Crippen molar-refractivity contribution >= 4 is 17.5 Å². The zero-order valence-corrected chi connectivity index (χ0v) is 17.3. The molecule has 0 radical (unpaired) electrons. The number of hydrogen-bond donors (Lipinski definition) is 0. The van der Waals surface area contributed by atoms with E-state index in [1.54, 1.807) is 29.0 Å². The van der Waals surface area contributed by atoms with Gasteiger partial charge in [-0.15, -0.1) is 0 Å². The second-order valence-electron chi connectivity index (χ2n) is 7.42. The molecule has 0 bridgehead atoms. The fourth-order valence-corrected chi connectivity index (χ4v) is 3.36. The molecular formula is C23H28N2O4. The van der Waals surface area contributed by atoms with Gasteiger partial charge in [0.2, 0.25) is 5.91 Å². The number of ether oxygens (including phenoxy) is 2. The molecule has 6 heteroatoms. The molecule has 1 heterocycles. The second kappa shape index (κ2) is 9.45. The standard InChI is InChI=1S/C23H28N2O4/c1-17-12-18(2)14-21(13-17)28-11-10-24(3)23(27)16-29-20-7-4-6-19(15-20)25-9-5-8-22(25)26/h4,6-7,12-15H,5,8-11,16H2,1-3H3. The summed E-state index contributed by atoms with van der Waals surface area (Å²) >= 11 is 0. The summed E-state index contributed by atoms with van der Waals surface area (Å²) in [4.78, 5) is 27.6. The Bertz CT molecular complexity index is 861. The van der Waals surface area contributed by atoms with Crippen LogP contribution < -0.4 is 14.4 Å². The maximum atomic E-state index is 12.3. The van der Waals surface area contributed by atoms with Crippen LogP contribution in [0.3, 0.4) is 0 Å². The third kappa shape index (κ3) is 5.73. The fourth-order valence-electron chi connectivity index (χ4n) is 3.36. The van der Waals surface area contributed by atoms with Gasteiger partial charge in [-0.2, -0.15) is 0 Å². The number of likely N-dealkylation sites (N-methyl/N-ethyl adjacent to an activating group) is 1. The Morgan fingerprint density at radius 3 is 2.52 bits per heavy atom. The Kier molecular flexibility index (Phi) is 6.75. The number of anilines is 1. The van der Waals surface area contributed by atoms with Gasteiger partial charge in [0.25, 0.3) is 5.91 Å². The molecule has 0 aromatic heterocycles. The molecule has 0 unspecified atom stereocenters. The van der Waals surface area contributed by atoms with Crippen molar-refractivity contribution in [3.8, 4) is 11.5 Å². The maximum Gasteiger partial charge on any atom is 0.260 e. The van der Waals surface area contributed by atoms with Crippen molar-refractivity contribution in [1.82, 2.24) is 4.90 Å². The Hall–Kier alpha value is -3.02. The minimum absolute atomic E-state index is 0.0581. The summed E-state index contributed by atoms with van der Waals surface area (Å²) in [6.07, 6.45) is 1.45. The molecule has 2 aromatic carbocycles. The molecule has 0 spiro atoms. The Morgan fingerprint density at radius 1 is 1.07 bits per heavy atom. The molecule has 2 amide bonds. The molecule has 1 fully saturated rings.